The maximum atomic E-state index is 13.6. The molecule has 1 aromatic heterocycles. The highest BCUT2D eigenvalue weighted by molar-refractivity contribution is 7.16. The Hall–Kier alpha value is -1.92. The summed E-state index contributed by atoms with van der Waals surface area (Å²) in [5.74, 6) is -2.12. The summed E-state index contributed by atoms with van der Waals surface area (Å²) in [6.45, 7) is 1.77. The van der Waals surface area contributed by atoms with Crippen molar-refractivity contribution in [2.45, 2.75) is 6.92 Å². The van der Waals surface area contributed by atoms with Gasteiger partial charge in [0.15, 0.2) is 0 Å². The minimum atomic E-state index is -0.732. The van der Waals surface area contributed by atoms with E-state index in [1.54, 1.807) is 13.0 Å². The van der Waals surface area contributed by atoms with Gasteiger partial charge in [-0.25, -0.2) is 4.39 Å². The number of carbonyl (C=O) groups excluding carboxylic acids is 2. The summed E-state index contributed by atoms with van der Waals surface area (Å²) < 4.78 is 13.6. The van der Waals surface area contributed by atoms with Gasteiger partial charge in [0.05, 0.1) is 16.1 Å². The smallest absolute Gasteiger partial charge is 0.260 e. The average Bonchev–Trinajstić information content (AvgIpc) is 2.70. The first-order valence-corrected chi connectivity index (χ1v) is 6.75. The van der Waals surface area contributed by atoms with Crippen LogP contribution in [0, 0.1) is 12.7 Å². The summed E-state index contributed by atoms with van der Waals surface area (Å²) in [6.07, 6.45) is 0. The molecule has 0 aliphatic carbocycles. The molecule has 0 atom stereocenters. The van der Waals surface area contributed by atoms with Crippen LogP contribution in [0.1, 0.15) is 25.6 Å². The lowest BCUT2D eigenvalue weighted by Gasteiger charge is -2.07. The molecule has 0 bridgehead atoms. The van der Waals surface area contributed by atoms with Gasteiger partial charge in [0.2, 0.25) is 0 Å². The van der Waals surface area contributed by atoms with Crippen LogP contribution >= 0.6 is 22.9 Å². The van der Waals surface area contributed by atoms with Crippen LogP contribution in [-0.4, -0.2) is 11.8 Å². The topological polar surface area (TPSA) is 72.2 Å². The number of anilines is 1. The maximum absolute atomic E-state index is 13.6. The Kier molecular flexibility index (Phi) is 4.06. The van der Waals surface area contributed by atoms with Gasteiger partial charge in [0, 0.05) is 4.88 Å². The number of halogens is 2. The second kappa shape index (κ2) is 5.60. The lowest BCUT2D eigenvalue weighted by molar-refractivity contribution is 0.100. The van der Waals surface area contributed by atoms with E-state index in [2.05, 4.69) is 5.32 Å². The lowest BCUT2D eigenvalue weighted by atomic mass is 10.2. The van der Waals surface area contributed by atoms with Crippen LogP contribution in [0.3, 0.4) is 0 Å². The number of thiophene rings is 1. The van der Waals surface area contributed by atoms with E-state index in [9.17, 15) is 14.0 Å². The average molecular weight is 313 g/mol. The summed E-state index contributed by atoms with van der Waals surface area (Å²) in [7, 11) is 0. The zero-order valence-electron chi connectivity index (χ0n) is 10.4. The monoisotopic (exact) mass is 312 g/mol. The zero-order valence-corrected chi connectivity index (χ0v) is 11.9. The Bertz CT molecular complexity index is 679. The van der Waals surface area contributed by atoms with E-state index in [0.29, 0.717) is 0 Å². The Morgan fingerprint density at radius 2 is 2.10 bits per heavy atom. The van der Waals surface area contributed by atoms with Gasteiger partial charge < -0.3 is 11.1 Å². The van der Waals surface area contributed by atoms with E-state index in [-0.39, 0.29) is 21.2 Å². The van der Waals surface area contributed by atoms with Gasteiger partial charge in [-0.2, -0.15) is 0 Å². The van der Waals surface area contributed by atoms with Crippen molar-refractivity contribution >= 4 is 39.8 Å². The zero-order chi connectivity index (χ0) is 14.9. The number of nitrogens with one attached hydrogen (secondary N) is 1. The van der Waals surface area contributed by atoms with Gasteiger partial charge in [-0.05, 0) is 25.1 Å². The molecule has 7 heteroatoms. The number of rotatable bonds is 3. The molecule has 1 heterocycles. The molecule has 2 rings (SSSR count). The van der Waals surface area contributed by atoms with Gasteiger partial charge in [-0.1, -0.05) is 17.7 Å². The summed E-state index contributed by atoms with van der Waals surface area (Å²) in [5.41, 5.74) is 5.14. The molecule has 104 valence electrons. The Morgan fingerprint density at radius 1 is 1.40 bits per heavy atom. The van der Waals surface area contributed by atoms with Crippen molar-refractivity contribution in [2.24, 2.45) is 5.73 Å². The highest BCUT2D eigenvalue weighted by atomic mass is 35.5. The fraction of sp³-hybridized carbons (Fsp3) is 0.0769. The van der Waals surface area contributed by atoms with Crippen LogP contribution in [0.25, 0.3) is 0 Å². The Morgan fingerprint density at radius 3 is 2.70 bits per heavy atom. The minimum Gasteiger partial charge on any atom is -0.366 e. The van der Waals surface area contributed by atoms with Crippen LogP contribution in [-0.2, 0) is 0 Å². The molecule has 0 radical (unpaired) electrons. The van der Waals surface area contributed by atoms with Gasteiger partial charge in [0.1, 0.15) is 10.8 Å². The van der Waals surface area contributed by atoms with Crippen LogP contribution < -0.4 is 11.1 Å². The molecule has 20 heavy (non-hydrogen) atoms. The molecule has 0 saturated heterocycles. The number of carbonyl (C=O) groups is 2. The highest BCUT2D eigenvalue weighted by Gasteiger charge is 2.19. The van der Waals surface area contributed by atoms with Crippen LogP contribution in [0.5, 0.6) is 0 Å². The van der Waals surface area contributed by atoms with E-state index < -0.39 is 17.6 Å². The van der Waals surface area contributed by atoms with Crippen LogP contribution in [0.15, 0.2) is 24.3 Å². The first kappa shape index (κ1) is 14.5. The summed E-state index contributed by atoms with van der Waals surface area (Å²) >= 11 is 6.99. The highest BCUT2D eigenvalue weighted by Crippen LogP contribution is 2.29. The minimum absolute atomic E-state index is 0.00333. The summed E-state index contributed by atoms with van der Waals surface area (Å²) in [4.78, 5) is 24.1. The molecular formula is C13H10ClFN2O2S. The predicted octanol–water partition coefficient (Wildman–Crippen LogP) is 3.20. The van der Waals surface area contributed by atoms with E-state index >= 15 is 0 Å². The van der Waals surface area contributed by atoms with E-state index in [0.717, 1.165) is 10.9 Å². The van der Waals surface area contributed by atoms with Crippen molar-refractivity contribution in [3.8, 4) is 0 Å². The van der Waals surface area contributed by atoms with Crippen molar-refractivity contribution in [2.75, 3.05) is 5.32 Å². The van der Waals surface area contributed by atoms with Gasteiger partial charge in [-0.15, -0.1) is 11.3 Å². The number of hydrogen-bond acceptors (Lipinski definition) is 3. The summed E-state index contributed by atoms with van der Waals surface area (Å²) in [6, 6.07) is 5.51. The van der Waals surface area contributed by atoms with E-state index in [1.165, 1.54) is 23.5 Å². The normalized spacial score (nSPS) is 10.3. The number of primary amides is 1. The number of amides is 2. The summed E-state index contributed by atoms with van der Waals surface area (Å²) in [5, 5.41) is 2.74. The molecular weight excluding hydrogens is 303 g/mol. The number of nitrogens with two attached hydrogens (primary N) is 1. The quantitative estimate of drug-likeness (QED) is 0.913. The maximum Gasteiger partial charge on any atom is 0.260 e. The molecule has 0 fully saturated rings. The molecule has 1 aromatic carbocycles. The molecule has 2 amide bonds. The second-order valence-electron chi connectivity index (χ2n) is 4.01. The van der Waals surface area contributed by atoms with Crippen LogP contribution in [0.4, 0.5) is 9.39 Å². The molecule has 0 unspecified atom stereocenters. The van der Waals surface area contributed by atoms with Crippen molar-refractivity contribution in [3.63, 3.8) is 0 Å². The molecule has 3 N–H and O–H groups in total. The molecule has 4 nitrogen and oxygen atoms in total. The standard InChI is InChI=1S/C13H10ClFN2O2S/c1-6-5-7(11(16)18)13(20-6)17-12(19)10-8(14)3-2-4-9(10)15/h2-5H,1H3,(H2,16,18)(H,17,19). The van der Waals surface area contributed by atoms with Gasteiger partial charge in [-0.3, -0.25) is 9.59 Å². The molecule has 0 aliphatic rings. The van der Waals surface area contributed by atoms with E-state index in [4.69, 9.17) is 17.3 Å². The van der Waals surface area contributed by atoms with Crippen molar-refractivity contribution in [3.05, 3.63) is 51.1 Å². The molecule has 0 saturated carbocycles. The number of hydrogen-bond donors (Lipinski definition) is 2. The first-order chi connectivity index (χ1) is 9.40. The third-order valence-electron chi connectivity index (χ3n) is 2.54. The predicted molar refractivity (Wildman–Crippen MR) is 76.9 cm³/mol. The molecule has 0 aliphatic heterocycles. The third kappa shape index (κ3) is 2.81. The van der Waals surface area contributed by atoms with Crippen molar-refractivity contribution in [1.82, 2.24) is 0 Å². The molecule has 2 aromatic rings. The third-order valence-corrected chi connectivity index (χ3v) is 3.82. The fourth-order valence-electron chi connectivity index (χ4n) is 1.67. The largest absolute Gasteiger partial charge is 0.366 e. The second-order valence-corrected chi connectivity index (χ2v) is 5.68. The molecule has 0 spiro atoms. The van der Waals surface area contributed by atoms with Crippen LogP contribution in [0.2, 0.25) is 5.02 Å². The van der Waals surface area contributed by atoms with Gasteiger partial charge in [0.25, 0.3) is 11.8 Å². The number of aryl methyl sites for hydroxylation is 1. The van der Waals surface area contributed by atoms with Gasteiger partial charge >= 0.3 is 0 Å². The SMILES string of the molecule is Cc1cc(C(N)=O)c(NC(=O)c2c(F)cccc2Cl)s1. The van der Waals surface area contributed by atoms with Crippen molar-refractivity contribution < 1.29 is 14.0 Å². The fourth-order valence-corrected chi connectivity index (χ4v) is 2.83. The van der Waals surface area contributed by atoms with Crippen molar-refractivity contribution in [1.29, 1.82) is 0 Å². The lowest BCUT2D eigenvalue weighted by Crippen LogP contribution is -2.17. The Balaban J connectivity index is 2.35. The Labute approximate surface area is 123 Å². The number of benzene rings is 1. The van der Waals surface area contributed by atoms with E-state index in [1.807, 2.05) is 0 Å². The first-order valence-electron chi connectivity index (χ1n) is 5.55.